The van der Waals surface area contributed by atoms with Crippen LogP contribution in [-0.4, -0.2) is 38.9 Å². The van der Waals surface area contributed by atoms with Crippen LogP contribution in [0, 0.1) is 0 Å². The molecule has 0 saturated carbocycles. The van der Waals surface area contributed by atoms with Gasteiger partial charge in [-0.05, 0) is 45.9 Å². The van der Waals surface area contributed by atoms with Crippen molar-refractivity contribution in [2.75, 3.05) is 13.2 Å². The zero-order valence-electron chi connectivity index (χ0n) is 14.6. The van der Waals surface area contributed by atoms with Crippen molar-refractivity contribution in [3.05, 3.63) is 36.1 Å². The van der Waals surface area contributed by atoms with Gasteiger partial charge in [-0.1, -0.05) is 17.6 Å². The highest BCUT2D eigenvalue weighted by Gasteiger charge is 2.15. The summed E-state index contributed by atoms with van der Waals surface area (Å²) in [5, 5.41) is 2.64. The van der Waals surface area contributed by atoms with Gasteiger partial charge in [-0.25, -0.2) is 4.79 Å². The monoisotopic (exact) mass is 316 g/mol. The average Bonchev–Trinajstić information content (AvgIpc) is 2.46. The molecule has 1 N–H and O–H groups in total. The van der Waals surface area contributed by atoms with Crippen LogP contribution in [0.15, 0.2) is 41.1 Å². The highest BCUT2D eigenvalue weighted by Crippen LogP contribution is 2.09. The maximum absolute atomic E-state index is 11.5. The minimum Gasteiger partial charge on any atom is -0.490 e. The summed E-state index contributed by atoms with van der Waals surface area (Å²) in [6.07, 6.45) is 3.04. The SMILES string of the molecule is Bc1ccc(/N=C\C(=C/C)OCCNC(=O)OC(C)(C)C)cc1. The van der Waals surface area contributed by atoms with E-state index in [9.17, 15) is 4.79 Å². The lowest BCUT2D eigenvalue weighted by Crippen LogP contribution is -2.34. The van der Waals surface area contributed by atoms with Gasteiger partial charge in [0.1, 0.15) is 25.8 Å². The Morgan fingerprint density at radius 1 is 1.30 bits per heavy atom. The maximum Gasteiger partial charge on any atom is 0.407 e. The third kappa shape index (κ3) is 8.71. The summed E-state index contributed by atoms with van der Waals surface area (Å²) in [6, 6.07) is 7.91. The number of amides is 1. The van der Waals surface area contributed by atoms with Gasteiger partial charge in [-0.2, -0.15) is 0 Å². The van der Waals surface area contributed by atoms with Gasteiger partial charge >= 0.3 is 6.09 Å². The molecule has 124 valence electrons. The molecule has 6 heteroatoms. The van der Waals surface area contributed by atoms with Gasteiger partial charge in [0, 0.05) is 0 Å². The smallest absolute Gasteiger partial charge is 0.407 e. The van der Waals surface area contributed by atoms with Crippen molar-refractivity contribution in [3.63, 3.8) is 0 Å². The largest absolute Gasteiger partial charge is 0.490 e. The lowest BCUT2D eigenvalue weighted by Gasteiger charge is -2.19. The fourth-order valence-electron chi connectivity index (χ4n) is 1.60. The number of carbonyl (C=O) groups excluding carboxylic acids is 1. The first-order valence-electron chi connectivity index (χ1n) is 7.67. The van der Waals surface area contributed by atoms with E-state index in [1.54, 1.807) is 6.21 Å². The molecule has 0 aliphatic carbocycles. The Hall–Kier alpha value is -2.24. The molecule has 0 atom stereocenters. The van der Waals surface area contributed by atoms with Gasteiger partial charge < -0.3 is 14.8 Å². The molecule has 0 aliphatic rings. The summed E-state index contributed by atoms with van der Waals surface area (Å²) in [5.74, 6) is 0.650. The number of hydrogen-bond acceptors (Lipinski definition) is 4. The predicted molar refractivity (Wildman–Crippen MR) is 96.7 cm³/mol. The van der Waals surface area contributed by atoms with Crippen LogP contribution in [-0.2, 0) is 9.47 Å². The number of benzene rings is 1. The number of rotatable bonds is 6. The second-order valence-electron chi connectivity index (χ2n) is 6.06. The topological polar surface area (TPSA) is 59.9 Å². The zero-order chi connectivity index (χ0) is 17.3. The van der Waals surface area contributed by atoms with Gasteiger partial charge in [-0.15, -0.1) is 0 Å². The van der Waals surface area contributed by atoms with Crippen LogP contribution in [0.25, 0.3) is 0 Å². The van der Waals surface area contributed by atoms with E-state index >= 15 is 0 Å². The molecule has 1 aromatic rings. The highest BCUT2D eigenvalue weighted by molar-refractivity contribution is 6.32. The molecular formula is C17H25BN2O3. The summed E-state index contributed by atoms with van der Waals surface area (Å²) in [4.78, 5) is 15.8. The van der Waals surface area contributed by atoms with Gasteiger partial charge in [0.15, 0.2) is 0 Å². The van der Waals surface area contributed by atoms with Gasteiger partial charge in [0.2, 0.25) is 0 Å². The van der Waals surface area contributed by atoms with Crippen molar-refractivity contribution in [1.82, 2.24) is 5.32 Å². The first-order chi connectivity index (χ1) is 10.8. The Labute approximate surface area is 139 Å². The molecule has 0 heterocycles. The minimum atomic E-state index is -0.500. The van der Waals surface area contributed by atoms with Crippen LogP contribution in [0.1, 0.15) is 27.7 Å². The van der Waals surface area contributed by atoms with Crippen LogP contribution in [0.2, 0.25) is 0 Å². The molecule has 0 bridgehead atoms. The molecule has 0 saturated heterocycles. The van der Waals surface area contributed by atoms with E-state index in [0.717, 1.165) is 5.69 Å². The standard InChI is InChI=1S/C17H25BN2O3/c1-5-15(12-20-14-8-6-13(18)7-9-14)22-11-10-19-16(21)23-17(2,3)4/h5-9,12H,10-11,18H2,1-4H3,(H,19,21)/b15-5+,20-12-. The number of carbonyl (C=O) groups is 1. The van der Waals surface area contributed by atoms with Crippen LogP contribution in [0.5, 0.6) is 0 Å². The van der Waals surface area contributed by atoms with Crippen molar-refractivity contribution < 1.29 is 14.3 Å². The van der Waals surface area contributed by atoms with Crippen molar-refractivity contribution in [1.29, 1.82) is 0 Å². The average molecular weight is 316 g/mol. The summed E-state index contributed by atoms with van der Waals surface area (Å²) in [6.45, 7) is 8.05. The normalized spacial score (nSPS) is 12.3. The van der Waals surface area contributed by atoms with Gasteiger partial charge in [0.25, 0.3) is 0 Å². The van der Waals surface area contributed by atoms with Crippen molar-refractivity contribution in [2.24, 2.45) is 4.99 Å². The molecule has 23 heavy (non-hydrogen) atoms. The summed E-state index contributed by atoms with van der Waals surface area (Å²) in [7, 11) is 2.03. The molecule has 0 radical (unpaired) electrons. The molecule has 0 spiro atoms. The number of aliphatic imine (C=N–C) groups is 1. The minimum absolute atomic E-state index is 0.346. The van der Waals surface area contributed by atoms with E-state index in [1.807, 2.05) is 65.9 Å². The van der Waals surface area contributed by atoms with Crippen molar-refractivity contribution in [3.8, 4) is 0 Å². The quantitative estimate of drug-likeness (QED) is 0.378. The molecule has 0 fully saturated rings. The second-order valence-corrected chi connectivity index (χ2v) is 6.06. The Morgan fingerprint density at radius 3 is 2.52 bits per heavy atom. The predicted octanol–water partition coefficient (Wildman–Crippen LogP) is 2.09. The number of alkyl carbamates (subject to hydrolysis) is 1. The summed E-state index contributed by atoms with van der Waals surface area (Å²) < 4.78 is 10.7. The number of nitrogens with one attached hydrogen (secondary N) is 1. The Balaban J connectivity index is 2.35. The Morgan fingerprint density at radius 2 is 1.96 bits per heavy atom. The van der Waals surface area contributed by atoms with Crippen molar-refractivity contribution in [2.45, 2.75) is 33.3 Å². The number of nitrogens with zero attached hydrogens (tertiary/aromatic N) is 1. The fourth-order valence-corrected chi connectivity index (χ4v) is 1.60. The van der Waals surface area contributed by atoms with E-state index in [4.69, 9.17) is 9.47 Å². The molecular weight excluding hydrogens is 291 g/mol. The first kappa shape index (κ1) is 18.8. The number of allylic oxidation sites excluding steroid dienone is 2. The number of ether oxygens (including phenoxy) is 2. The fraction of sp³-hybridized carbons (Fsp3) is 0.412. The maximum atomic E-state index is 11.5. The van der Waals surface area contributed by atoms with Crippen molar-refractivity contribution >= 4 is 31.3 Å². The number of hydrogen-bond donors (Lipinski definition) is 1. The summed E-state index contributed by atoms with van der Waals surface area (Å²) in [5.41, 5.74) is 1.56. The van der Waals surface area contributed by atoms with Gasteiger partial charge in [0.05, 0.1) is 18.4 Å². The second kappa shape index (κ2) is 9.03. The lowest BCUT2D eigenvalue weighted by molar-refractivity contribution is 0.0515. The molecule has 1 rings (SSSR count). The van der Waals surface area contributed by atoms with E-state index in [-0.39, 0.29) is 0 Å². The molecule has 5 nitrogen and oxygen atoms in total. The van der Waals surface area contributed by atoms with Gasteiger partial charge in [-0.3, -0.25) is 4.99 Å². The third-order valence-electron chi connectivity index (χ3n) is 2.70. The van der Waals surface area contributed by atoms with E-state index in [0.29, 0.717) is 18.9 Å². The highest BCUT2D eigenvalue weighted by atomic mass is 16.6. The third-order valence-corrected chi connectivity index (χ3v) is 2.70. The van der Waals surface area contributed by atoms with E-state index in [1.165, 1.54) is 5.46 Å². The molecule has 1 aromatic carbocycles. The van der Waals surface area contributed by atoms with E-state index in [2.05, 4.69) is 10.3 Å². The zero-order valence-corrected chi connectivity index (χ0v) is 14.6. The van der Waals surface area contributed by atoms with Crippen LogP contribution < -0.4 is 10.8 Å². The van der Waals surface area contributed by atoms with E-state index < -0.39 is 11.7 Å². The van der Waals surface area contributed by atoms with Crippen LogP contribution in [0.3, 0.4) is 0 Å². The molecule has 0 aliphatic heterocycles. The van der Waals surface area contributed by atoms with Crippen LogP contribution in [0.4, 0.5) is 10.5 Å². The Bertz CT molecular complexity index is 560. The molecule has 0 unspecified atom stereocenters. The summed E-state index contributed by atoms with van der Waals surface area (Å²) >= 11 is 0. The Kier molecular flexibility index (Phi) is 7.38. The lowest BCUT2D eigenvalue weighted by atomic mass is 9.96. The van der Waals surface area contributed by atoms with Crippen LogP contribution >= 0.6 is 0 Å². The first-order valence-corrected chi connectivity index (χ1v) is 7.67. The molecule has 1 amide bonds. The molecule has 0 aromatic heterocycles.